The monoisotopic (exact) mass is 358 g/mol. The summed E-state index contributed by atoms with van der Waals surface area (Å²) in [6.07, 6.45) is 0. The van der Waals surface area contributed by atoms with Crippen LogP contribution in [0.3, 0.4) is 0 Å². The van der Waals surface area contributed by atoms with Gasteiger partial charge in [0.2, 0.25) is 0 Å². The Labute approximate surface area is 137 Å². The van der Waals surface area contributed by atoms with Crippen LogP contribution >= 0.6 is 15.9 Å². The van der Waals surface area contributed by atoms with Crippen molar-refractivity contribution in [3.8, 4) is 11.8 Å². The fourth-order valence-corrected chi connectivity index (χ4v) is 2.77. The number of carbonyl (C=O) groups excluding carboxylic acids is 1. The molecule has 0 unspecified atom stereocenters. The molecule has 0 fully saturated rings. The number of aryl methyl sites for hydroxylation is 2. The zero-order valence-electron chi connectivity index (χ0n) is 12.3. The Bertz CT molecular complexity index is 710. The highest BCUT2D eigenvalue weighted by Gasteiger charge is 2.09. The van der Waals surface area contributed by atoms with Crippen LogP contribution in [-0.4, -0.2) is 12.5 Å². The Morgan fingerprint density at radius 1 is 1.23 bits per heavy atom. The summed E-state index contributed by atoms with van der Waals surface area (Å²) in [6, 6.07) is 12.6. The lowest BCUT2D eigenvalue weighted by molar-refractivity contribution is -0.118. The van der Waals surface area contributed by atoms with Crippen LogP contribution in [0.5, 0.6) is 5.75 Å². The van der Waals surface area contributed by atoms with E-state index in [4.69, 9.17) is 10.00 Å². The molecule has 2 aromatic carbocycles. The lowest BCUT2D eigenvalue weighted by Gasteiger charge is -2.12. The van der Waals surface area contributed by atoms with Crippen molar-refractivity contribution >= 4 is 27.5 Å². The highest BCUT2D eigenvalue weighted by molar-refractivity contribution is 9.10. The zero-order chi connectivity index (χ0) is 16.1. The van der Waals surface area contributed by atoms with Crippen molar-refractivity contribution < 1.29 is 9.53 Å². The van der Waals surface area contributed by atoms with Gasteiger partial charge in [0, 0.05) is 10.2 Å². The van der Waals surface area contributed by atoms with Gasteiger partial charge in [-0.05, 0) is 61.4 Å². The van der Waals surface area contributed by atoms with E-state index in [2.05, 4.69) is 21.2 Å². The standard InChI is InChI=1S/C17H15BrN2O2/c1-11-7-14(18)8-12(2)17(11)22-10-16(21)20-15-5-3-13(9-19)4-6-15/h3-8H,10H2,1-2H3,(H,20,21). The number of rotatable bonds is 4. The highest BCUT2D eigenvalue weighted by Crippen LogP contribution is 2.27. The number of hydrogen-bond acceptors (Lipinski definition) is 3. The summed E-state index contributed by atoms with van der Waals surface area (Å²) in [5.41, 5.74) is 3.13. The highest BCUT2D eigenvalue weighted by atomic mass is 79.9. The normalized spacial score (nSPS) is 9.91. The van der Waals surface area contributed by atoms with Gasteiger partial charge in [-0.2, -0.15) is 5.26 Å². The average Bonchev–Trinajstić information content (AvgIpc) is 2.47. The number of amides is 1. The third-order valence-corrected chi connectivity index (χ3v) is 3.53. The van der Waals surface area contributed by atoms with E-state index < -0.39 is 0 Å². The van der Waals surface area contributed by atoms with E-state index in [-0.39, 0.29) is 12.5 Å². The van der Waals surface area contributed by atoms with Gasteiger partial charge in [-0.25, -0.2) is 0 Å². The number of carbonyl (C=O) groups is 1. The summed E-state index contributed by atoms with van der Waals surface area (Å²) >= 11 is 3.43. The first-order valence-electron chi connectivity index (χ1n) is 6.69. The van der Waals surface area contributed by atoms with Crippen molar-refractivity contribution in [3.63, 3.8) is 0 Å². The minimum atomic E-state index is -0.244. The average molecular weight is 359 g/mol. The van der Waals surface area contributed by atoms with Gasteiger partial charge in [-0.1, -0.05) is 15.9 Å². The van der Waals surface area contributed by atoms with Crippen molar-refractivity contribution in [2.24, 2.45) is 0 Å². The van der Waals surface area contributed by atoms with Crippen LogP contribution in [0, 0.1) is 25.2 Å². The van der Waals surface area contributed by atoms with Crippen LogP contribution in [0.15, 0.2) is 40.9 Å². The smallest absolute Gasteiger partial charge is 0.262 e. The van der Waals surface area contributed by atoms with Gasteiger partial charge >= 0.3 is 0 Å². The van der Waals surface area contributed by atoms with Gasteiger partial charge < -0.3 is 10.1 Å². The number of hydrogen-bond donors (Lipinski definition) is 1. The molecular formula is C17H15BrN2O2. The van der Waals surface area contributed by atoms with Gasteiger partial charge in [0.05, 0.1) is 11.6 Å². The molecular weight excluding hydrogens is 344 g/mol. The zero-order valence-corrected chi connectivity index (χ0v) is 13.9. The van der Waals surface area contributed by atoms with Crippen LogP contribution in [0.2, 0.25) is 0 Å². The topological polar surface area (TPSA) is 62.1 Å². The van der Waals surface area contributed by atoms with E-state index in [9.17, 15) is 4.79 Å². The minimum absolute atomic E-state index is 0.0662. The second kappa shape index (κ2) is 7.10. The van der Waals surface area contributed by atoms with E-state index in [1.807, 2.05) is 32.0 Å². The molecule has 2 rings (SSSR count). The SMILES string of the molecule is Cc1cc(Br)cc(C)c1OCC(=O)Nc1ccc(C#N)cc1. The molecule has 2 aromatic rings. The second-order valence-corrected chi connectivity index (χ2v) is 5.81. The summed E-state index contributed by atoms with van der Waals surface area (Å²) < 4.78 is 6.60. The predicted molar refractivity (Wildman–Crippen MR) is 88.9 cm³/mol. The number of benzene rings is 2. The largest absolute Gasteiger partial charge is 0.483 e. The fraction of sp³-hybridized carbons (Fsp3) is 0.176. The number of halogens is 1. The summed E-state index contributed by atoms with van der Waals surface area (Å²) in [5.74, 6) is 0.476. The van der Waals surface area contributed by atoms with Gasteiger partial charge in [-0.3, -0.25) is 4.79 Å². The molecule has 5 heteroatoms. The number of anilines is 1. The van der Waals surface area contributed by atoms with Crippen LogP contribution in [-0.2, 0) is 4.79 Å². The molecule has 112 valence electrons. The van der Waals surface area contributed by atoms with Crippen LogP contribution in [0.25, 0.3) is 0 Å². The van der Waals surface area contributed by atoms with E-state index in [1.54, 1.807) is 24.3 Å². The van der Waals surface area contributed by atoms with Crippen molar-refractivity contribution in [3.05, 3.63) is 57.6 Å². The molecule has 0 aromatic heterocycles. The third kappa shape index (κ3) is 4.09. The van der Waals surface area contributed by atoms with E-state index in [1.165, 1.54) is 0 Å². The molecule has 0 saturated heterocycles. The van der Waals surface area contributed by atoms with Gasteiger partial charge in [0.25, 0.3) is 5.91 Å². The molecule has 22 heavy (non-hydrogen) atoms. The molecule has 0 atom stereocenters. The van der Waals surface area contributed by atoms with E-state index >= 15 is 0 Å². The Morgan fingerprint density at radius 2 is 1.82 bits per heavy atom. The third-order valence-electron chi connectivity index (χ3n) is 3.07. The number of nitrogens with one attached hydrogen (secondary N) is 1. The van der Waals surface area contributed by atoms with E-state index in [0.29, 0.717) is 11.3 Å². The lowest BCUT2D eigenvalue weighted by Crippen LogP contribution is -2.20. The quantitative estimate of drug-likeness (QED) is 0.899. The van der Waals surface area contributed by atoms with Crippen LogP contribution in [0.1, 0.15) is 16.7 Å². The summed E-state index contributed by atoms with van der Waals surface area (Å²) in [7, 11) is 0. The molecule has 1 amide bonds. The number of nitrogens with zero attached hydrogens (tertiary/aromatic N) is 1. The molecule has 1 N–H and O–H groups in total. The first-order chi connectivity index (χ1) is 10.5. The van der Waals surface area contributed by atoms with Gasteiger partial charge in [0.1, 0.15) is 5.75 Å². The van der Waals surface area contributed by atoms with Crippen molar-refractivity contribution in [1.82, 2.24) is 0 Å². The fourth-order valence-electron chi connectivity index (χ4n) is 2.09. The maximum absolute atomic E-state index is 11.9. The number of ether oxygens (including phenoxy) is 1. The Kier molecular flexibility index (Phi) is 5.18. The summed E-state index contributed by atoms with van der Waals surface area (Å²) in [4.78, 5) is 11.9. The van der Waals surface area contributed by atoms with Crippen molar-refractivity contribution in [2.45, 2.75) is 13.8 Å². The van der Waals surface area contributed by atoms with Crippen LogP contribution < -0.4 is 10.1 Å². The maximum atomic E-state index is 11.9. The molecule has 0 heterocycles. The van der Waals surface area contributed by atoms with Gasteiger partial charge in [0.15, 0.2) is 6.61 Å². The molecule has 0 radical (unpaired) electrons. The Hall–Kier alpha value is -2.32. The first-order valence-corrected chi connectivity index (χ1v) is 7.48. The second-order valence-electron chi connectivity index (χ2n) is 4.89. The van der Waals surface area contributed by atoms with Crippen LogP contribution in [0.4, 0.5) is 5.69 Å². The maximum Gasteiger partial charge on any atom is 0.262 e. The predicted octanol–water partition coefficient (Wildman–Crippen LogP) is 3.96. The molecule has 0 aliphatic heterocycles. The molecule has 4 nitrogen and oxygen atoms in total. The molecule has 0 aliphatic carbocycles. The lowest BCUT2D eigenvalue weighted by atomic mass is 10.1. The summed E-state index contributed by atoms with van der Waals surface area (Å²) in [5, 5.41) is 11.5. The van der Waals surface area contributed by atoms with Crippen molar-refractivity contribution in [2.75, 3.05) is 11.9 Å². The van der Waals surface area contributed by atoms with E-state index in [0.717, 1.165) is 21.3 Å². The molecule has 0 bridgehead atoms. The first kappa shape index (κ1) is 16.1. The Balaban J connectivity index is 1.97. The molecule has 0 saturated carbocycles. The Morgan fingerprint density at radius 3 is 2.36 bits per heavy atom. The number of nitriles is 1. The molecule has 0 aliphatic rings. The minimum Gasteiger partial charge on any atom is -0.483 e. The van der Waals surface area contributed by atoms with Crippen molar-refractivity contribution in [1.29, 1.82) is 5.26 Å². The molecule has 0 spiro atoms. The summed E-state index contributed by atoms with van der Waals surface area (Å²) in [6.45, 7) is 3.81. The van der Waals surface area contributed by atoms with Gasteiger partial charge in [-0.15, -0.1) is 0 Å².